The summed E-state index contributed by atoms with van der Waals surface area (Å²) in [6, 6.07) is 0.460. The first-order valence-electron chi connectivity index (χ1n) is 5.59. The highest BCUT2D eigenvalue weighted by Crippen LogP contribution is 2.30. The van der Waals surface area contributed by atoms with E-state index in [-0.39, 0.29) is 12.1 Å². The Hall–Kier alpha value is -0.290. The van der Waals surface area contributed by atoms with E-state index in [1.165, 1.54) is 0 Å². The van der Waals surface area contributed by atoms with Gasteiger partial charge in [0.25, 0.3) is 0 Å². The molecule has 0 amide bonds. The van der Waals surface area contributed by atoms with Crippen LogP contribution in [0.1, 0.15) is 25.7 Å². The molecule has 15 heavy (non-hydrogen) atoms. The lowest BCUT2D eigenvalue weighted by Crippen LogP contribution is -2.43. The van der Waals surface area contributed by atoms with E-state index in [0.29, 0.717) is 6.54 Å². The highest BCUT2D eigenvalue weighted by Gasteiger charge is 2.38. The van der Waals surface area contributed by atoms with Crippen molar-refractivity contribution in [2.75, 3.05) is 19.6 Å². The van der Waals surface area contributed by atoms with E-state index in [9.17, 15) is 13.2 Å². The lowest BCUT2D eigenvalue weighted by Gasteiger charge is -2.26. The number of nitrogens with zero attached hydrogens (tertiary/aromatic N) is 1. The number of nitrogens with one attached hydrogen (secondary N) is 1. The topological polar surface area (TPSA) is 15.3 Å². The Balaban J connectivity index is 1.82. The third kappa shape index (κ3) is 3.65. The summed E-state index contributed by atoms with van der Waals surface area (Å²) in [6.07, 6.45) is -0.0803. The molecule has 0 radical (unpaired) electrons. The first-order valence-corrected chi connectivity index (χ1v) is 5.59. The lowest BCUT2D eigenvalue weighted by atomic mass is 10.2. The average molecular weight is 222 g/mol. The molecule has 5 heteroatoms. The summed E-state index contributed by atoms with van der Waals surface area (Å²) in [5.74, 6) is 0. The van der Waals surface area contributed by atoms with E-state index in [4.69, 9.17) is 0 Å². The molecule has 0 bridgehead atoms. The van der Waals surface area contributed by atoms with Crippen LogP contribution in [0.15, 0.2) is 0 Å². The fourth-order valence-electron chi connectivity index (χ4n) is 2.21. The van der Waals surface area contributed by atoms with Crippen LogP contribution < -0.4 is 5.32 Å². The maximum Gasteiger partial charge on any atom is 0.401 e. The van der Waals surface area contributed by atoms with Gasteiger partial charge in [-0.25, -0.2) is 0 Å². The van der Waals surface area contributed by atoms with Gasteiger partial charge in [-0.3, -0.25) is 4.90 Å². The first-order chi connectivity index (χ1) is 7.04. The predicted octanol–water partition coefficient (Wildman–Crippen LogP) is 1.77. The minimum Gasteiger partial charge on any atom is -0.313 e. The van der Waals surface area contributed by atoms with Crippen molar-refractivity contribution < 1.29 is 13.2 Å². The van der Waals surface area contributed by atoms with Gasteiger partial charge in [-0.05, 0) is 32.2 Å². The SMILES string of the molecule is FC(F)(F)CN(C[C@@H]1CCCN1)C1CC1. The molecule has 1 saturated heterocycles. The molecule has 1 heterocycles. The molecule has 1 atom stereocenters. The second kappa shape index (κ2) is 4.29. The van der Waals surface area contributed by atoms with Crippen LogP contribution in [0.4, 0.5) is 13.2 Å². The van der Waals surface area contributed by atoms with Crippen molar-refractivity contribution in [1.82, 2.24) is 10.2 Å². The highest BCUT2D eigenvalue weighted by molar-refractivity contribution is 4.89. The molecule has 0 aromatic rings. The zero-order valence-corrected chi connectivity index (χ0v) is 8.69. The van der Waals surface area contributed by atoms with Crippen molar-refractivity contribution in [3.8, 4) is 0 Å². The molecule has 0 aromatic heterocycles. The van der Waals surface area contributed by atoms with Crippen LogP contribution in [0.2, 0.25) is 0 Å². The quantitative estimate of drug-likeness (QED) is 0.779. The smallest absolute Gasteiger partial charge is 0.313 e. The van der Waals surface area contributed by atoms with Gasteiger partial charge in [-0.15, -0.1) is 0 Å². The number of rotatable bonds is 4. The Kier molecular flexibility index (Phi) is 3.21. The molecule has 2 nitrogen and oxygen atoms in total. The third-order valence-electron chi connectivity index (χ3n) is 3.06. The van der Waals surface area contributed by atoms with Crippen LogP contribution in [0, 0.1) is 0 Å². The fourth-order valence-corrected chi connectivity index (χ4v) is 2.21. The Morgan fingerprint density at radius 1 is 1.20 bits per heavy atom. The monoisotopic (exact) mass is 222 g/mol. The second-order valence-electron chi connectivity index (χ2n) is 4.57. The van der Waals surface area contributed by atoms with Crippen molar-refractivity contribution in [3.63, 3.8) is 0 Å². The Morgan fingerprint density at radius 2 is 1.93 bits per heavy atom. The molecular formula is C10H17F3N2. The third-order valence-corrected chi connectivity index (χ3v) is 3.06. The fraction of sp³-hybridized carbons (Fsp3) is 1.00. The normalized spacial score (nSPS) is 27.6. The van der Waals surface area contributed by atoms with Gasteiger partial charge in [0.1, 0.15) is 0 Å². The minimum atomic E-state index is -4.05. The van der Waals surface area contributed by atoms with E-state index in [2.05, 4.69) is 5.32 Å². The van der Waals surface area contributed by atoms with E-state index < -0.39 is 12.7 Å². The van der Waals surface area contributed by atoms with Crippen molar-refractivity contribution in [2.24, 2.45) is 0 Å². The van der Waals surface area contributed by atoms with Crippen molar-refractivity contribution in [2.45, 2.75) is 43.9 Å². The molecular weight excluding hydrogens is 205 g/mol. The summed E-state index contributed by atoms with van der Waals surface area (Å²) in [5.41, 5.74) is 0. The van der Waals surface area contributed by atoms with E-state index in [1.807, 2.05) is 0 Å². The molecule has 0 aromatic carbocycles. The molecule has 88 valence electrons. The van der Waals surface area contributed by atoms with Crippen molar-refractivity contribution >= 4 is 0 Å². The molecule has 1 N–H and O–H groups in total. The van der Waals surface area contributed by atoms with E-state index in [1.54, 1.807) is 4.90 Å². The van der Waals surface area contributed by atoms with Crippen molar-refractivity contribution in [1.29, 1.82) is 0 Å². The second-order valence-corrected chi connectivity index (χ2v) is 4.57. The summed E-state index contributed by atoms with van der Waals surface area (Å²) in [4.78, 5) is 1.60. The maximum absolute atomic E-state index is 12.3. The number of alkyl halides is 3. The van der Waals surface area contributed by atoms with E-state index in [0.717, 1.165) is 32.2 Å². The first kappa shape index (κ1) is 11.2. The van der Waals surface area contributed by atoms with Gasteiger partial charge in [0.15, 0.2) is 0 Å². The van der Waals surface area contributed by atoms with Crippen LogP contribution in [0.5, 0.6) is 0 Å². The Labute approximate surface area is 87.8 Å². The molecule has 1 aliphatic heterocycles. The van der Waals surface area contributed by atoms with Crippen LogP contribution in [-0.4, -0.2) is 42.8 Å². The largest absolute Gasteiger partial charge is 0.401 e. The van der Waals surface area contributed by atoms with Crippen molar-refractivity contribution in [3.05, 3.63) is 0 Å². The number of hydrogen-bond donors (Lipinski definition) is 1. The summed E-state index contributed by atoms with van der Waals surface area (Å²) in [7, 11) is 0. The molecule has 2 fully saturated rings. The van der Waals surface area contributed by atoms with Gasteiger partial charge in [0.2, 0.25) is 0 Å². The molecule has 0 unspecified atom stereocenters. The zero-order valence-electron chi connectivity index (χ0n) is 8.69. The Morgan fingerprint density at radius 3 is 2.40 bits per heavy atom. The summed E-state index contributed by atoms with van der Waals surface area (Å²) in [6.45, 7) is 0.773. The number of hydrogen-bond acceptors (Lipinski definition) is 2. The number of halogens is 3. The van der Waals surface area contributed by atoms with Gasteiger partial charge in [0, 0.05) is 18.6 Å². The van der Waals surface area contributed by atoms with Crippen LogP contribution in [0.25, 0.3) is 0 Å². The van der Waals surface area contributed by atoms with Gasteiger partial charge >= 0.3 is 6.18 Å². The Bertz CT molecular complexity index is 207. The van der Waals surface area contributed by atoms with Gasteiger partial charge < -0.3 is 5.32 Å². The summed E-state index contributed by atoms with van der Waals surface area (Å²) >= 11 is 0. The lowest BCUT2D eigenvalue weighted by molar-refractivity contribution is -0.147. The van der Waals surface area contributed by atoms with Gasteiger partial charge in [0.05, 0.1) is 6.54 Å². The highest BCUT2D eigenvalue weighted by atomic mass is 19.4. The molecule has 2 aliphatic rings. The predicted molar refractivity (Wildman–Crippen MR) is 51.7 cm³/mol. The standard InChI is InChI=1S/C10H17F3N2/c11-10(12,13)7-15(9-3-4-9)6-8-2-1-5-14-8/h8-9,14H,1-7H2/t8-/m0/s1. The summed E-state index contributed by atoms with van der Waals surface area (Å²) in [5, 5.41) is 3.25. The van der Waals surface area contributed by atoms with Crippen LogP contribution >= 0.6 is 0 Å². The maximum atomic E-state index is 12.3. The van der Waals surface area contributed by atoms with Crippen LogP contribution in [-0.2, 0) is 0 Å². The summed E-state index contributed by atoms with van der Waals surface area (Å²) < 4.78 is 36.9. The average Bonchev–Trinajstić information content (AvgIpc) is 2.83. The molecule has 0 spiro atoms. The van der Waals surface area contributed by atoms with E-state index >= 15 is 0 Å². The molecule has 1 aliphatic carbocycles. The molecule has 1 saturated carbocycles. The van der Waals surface area contributed by atoms with Gasteiger partial charge in [-0.2, -0.15) is 13.2 Å². The van der Waals surface area contributed by atoms with Gasteiger partial charge in [-0.1, -0.05) is 0 Å². The molecule has 2 rings (SSSR count). The zero-order chi connectivity index (χ0) is 10.9. The van der Waals surface area contributed by atoms with Crippen LogP contribution in [0.3, 0.4) is 0 Å². The minimum absolute atomic E-state index is 0.189.